The lowest BCUT2D eigenvalue weighted by atomic mass is 10.0. The highest BCUT2D eigenvalue weighted by atomic mass is 15.2. The van der Waals surface area contributed by atoms with Crippen LogP contribution in [0.5, 0.6) is 0 Å². The van der Waals surface area contributed by atoms with Gasteiger partial charge in [-0.15, -0.1) is 0 Å². The first-order valence-electron chi connectivity index (χ1n) is 17.2. The van der Waals surface area contributed by atoms with E-state index in [2.05, 4.69) is 130 Å². The summed E-state index contributed by atoms with van der Waals surface area (Å²) in [6, 6.07) is 60.2. The maximum atomic E-state index is 9.87. The van der Waals surface area contributed by atoms with Crippen molar-refractivity contribution in [2.24, 2.45) is 0 Å². The van der Waals surface area contributed by atoms with Crippen molar-refractivity contribution >= 4 is 43.6 Å². The lowest BCUT2D eigenvalue weighted by molar-refractivity contribution is 0.953. The van der Waals surface area contributed by atoms with Crippen LogP contribution >= 0.6 is 0 Å². The fourth-order valence-electron chi connectivity index (χ4n) is 7.44. The summed E-state index contributed by atoms with van der Waals surface area (Å²) in [4.78, 5) is 15.5. The first-order valence-corrected chi connectivity index (χ1v) is 17.2. The molecule has 0 amide bonds. The van der Waals surface area contributed by atoms with Crippen molar-refractivity contribution in [1.29, 1.82) is 5.26 Å². The van der Waals surface area contributed by atoms with E-state index in [0.717, 1.165) is 71.6 Å². The number of benzene rings is 7. The van der Waals surface area contributed by atoms with Crippen molar-refractivity contribution in [3.8, 4) is 51.6 Å². The van der Waals surface area contributed by atoms with E-state index in [1.807, 2.05) is 54.6 Å². The first kappa shape index (κ1) is 29.5. The number of nitriles is 1. The van der Waals surface area contributed by atoms with Gasteiger partial charge in [0.1, 0.15) is 0 Å². The van der Waals surface area contributed by atoms with Gasteiger partial charge in [0.2, 0.25) is 5.95 Å². The lowest BCUT2D eigenvalue weighted by Gasteiger charge is -2.13. The van der Waals surface area contributed by atoms with Gasteiger partial charge in [-0.25, -0.2) is 4.98 Å². The molecule has 0 aliphatic heterocycles. The van der Waals surface area contributed by atoms with Gasteiger partial charge in [0, 0.05) is 38.4 Å². The summed E-state index contributed by atoms with van der Waals surface area (Å²) >= 11 is 0. The predicted octanol–water partition coefficient (Wildman–Crippen LogP) is 10.9. The van der Waals surface area contributed by atoms with Crippen LogP contribution in [0.25, 0.3) is 89.2 Å². The minimum Gasteiger partial charge on any atom is -0.307 e. The molecular weight excluding hydrogens is 637 g/mol. The lowest BCUT2D eigenvalue weighted by Crippen LogP contribution is -2.07. The molecule has 0 saturated heterocycles. The molecule has 0 radical (unpaired) electrons. The van der Waals surface area contributed by atoms with Crippen LogP contribution < -0.4 is 0 Å². The van der Waals surface area contributed by atoms with Gasteiger partial charge in [0.25, 0.3) is 0 Å². The first-order chi connectivity index (χ1) is 25.7. The highest BCUT2D eigenvalue weighted by molar-refractivity contribution is 6.23. The van der Waals surface area contributed by atoms with Crippen LogP contribution in [0, 0.1) is 11.3 Å². The largest absolute Gasteiger partial charge is 0.307 e. The van der Waals surface area contributed by atoms with Crippen molar-refractivity contribution in [3.05, 3.63) is 175 Å². The van der Waals surface area contributed by atoms with E-state index in [1.165, 1.54) is 0 Å². The fourth-order valence-corrected chi connectivity index (χ4v) is 7.44. The standard InChI is InChI=1S/C46H28N6/c47-29-30-12-11-17-35(28-30)51-40-20-9-7-18-36(40)38-26-27-39-37-19-8-10-21-41(37)52(43(39)42(38)51)46-49-44(33-15-5-2-6-16-33)48-45(50-46)34-24-22-32(23-25-34)31-13-3-1-4-14-31/h1-28H. The van der Waals surface area contributed by atoms with Crippen LogP contribution in [0.3, 0.4) is 0 Å². The van der Waals surface area contributed by atoms with Gasteiger partial charge in [0.05, 0.1) is 33.7 Å². The monoisotopic (exact) mass is 664 g/mol. The molecule has 10 aromatic rings. The Bertz CT molecular complexity index is 3010. The molecule has 0 aliphatic rings. The molecule has 0 saturated carbocycles. The normalized spacial score (nSPS) is 11.4. The highest BCUT2D eigenvalue weighted by Crippen LogP contribution is 2.41. The molecule has 7 aromatic carbocycles. The molecule has 6 heteroatoms. The Kier molecular flexibility index (Phi) is 6.76. The summed E-state index contributed by atoms with van der Waals surface area (Å²) in [5.74, 6) is 1.70. The molecule has 52 heavy (non-hydrogen) atoms. The van der Waals surface area contributed by atoms with Crippen LogP contribution in [0.15, 0.2) is 170 Å². The summed E-state index contributed by atoms with van der Waals surface area (Å²) < 4.78 is 4.46. The van der Waals surface area contributed by atoms with E-state index < -0.39 is 0 Å². The molecule has 0 N–H and O–H groups in total. The summed E-state index contributed by atoms with van der Waals surface area (Å²) in [6.07, 6.45) is 0. The zero-order valence-electron chi connectivity index (χ0n) is 27.8. The Morgan fingerprint density at radius 1 is 0.404 bits per heavy atom. The molecule has 0 fully saturated rings. The molecule has 6 nitrogen and oxygen atoms in total. The van der Waals surface area contributed by atoms with Gasteiger partial charge in [-0.05, 0) is 41.5 Å². The summed E-state index contributed by atoms with van der Waals surface area (Å²) in [7, 11) is 0. The van der Waals surface area contributed by atoms with Crippen molar-refractivity contribution in [1.82, 2.24) is 24.1 Å². The number of aromatic nitrogens is 5. The Labute approximate surface area is 299 Å². The van der Waals surface area contributed by atoms with Gasteiger partial charge in [-0.1, -0.05) is 140 Å². The average molecular weight is 665 g/mol. The Morgan fingerprint density at radius 2 is 0.904 bits per heavy atom. The van der Waals surface area contributed by atoms with Crippen molar-refractivity contribution in [2.75, 3.05) is 0 Å². The van der Waals surface area contributed by atoms with Gasteiger partial charge in [-0.2, -0.15) is 15.2 Å². The SMILES string of the molecule is N#Cc1cccc(-n2c3ccccc3c3ccc4c5ccccc5n(-c5nc(-c6ccccc6)nc(-c6ccc(-c7ccccc7)cc6)n5)c4c32)c1. The quantitative estimate of drug-likeness (QED) is 0.184. The molecule has 3 aromatic heterocycles. The van der Waals surface area contributed by atoms with Crippen LogP contribution in [-0.2, 0) is 0 Å². The second kappa shape index (κ2) is 11.9. The Balaban J connectivity index is 1.31. The summed E-state index contributed by atoms with van der Waals surface area (Å²) in [6.45, 7) is 0. The third kappa shape index (κ3) is 4.68. The number of nitrogens with zero attached hydrogens (tertiary/aromatic N) is 6. The van der Waals surface area contributed by atoms with E-state index >= 15 is 0 Å². The second-order valence-electron chi connectivity index (χ2n) is 12.8. The molecular formula is C46H28N6. The van der Waals surface area contributed by atoms with Crippen LogP contribution in [-0.4, -0.2) is 24.1 Å². The topological polar surface area (TPSA) is 72.3 Å². The van der Waals surface area contributed by atoms with Gasteiger partial charge < -0.3 is 4.57 Å². The van der Waals surface area contributed by atoms with Gasteiger partial charge in [0.15, 0.2) is 11.6 Å². The zero-order valence-corrected chi connectivity index (χ0v) is 27.8. The predicted molar refractivity (Wildman–Crippen MR) is 210 cm³/mol. The fraction of sp³-hybridized carbons (Fsp3) is 0. The highest BCUT2D eigenvalue weighted by Gasteiger charge is 2.23. The Morgan fingerprint density at radius 3 is 1.54 bits per heavy atom. The zero-order chi connectivity index (χ0) is 34.6. The average Bonchev–Trinajstić information content (AvgIpc) is 3.75. The smallest absolute Gasteiger partial charge is 0.238 e. The minimum absolute atomic E-state index is 0.525. The van der Waals surface area contributed by atoms with E-state index in [9.17, 15) is 5.26 Å². The molecule has 0 atom stereocenters. The van der Waals surface area contributed by atoms with Crippen molar-refractivity contribution < 1.29 is 0 Å². The molecule has 242 valence electrons. The maximum Gasteiger partial charge on any atom is 0.238 e. The number of hydrogen-bond donors (Lipinski definition) is 0. The summed E-state index contributed by atoms with van der Waals surface area (Å²) in [5.41, 5.74) is 9.63. The molecule has 0 bridgehead atoms. The van der Waals surface area contributed by atoms with Gasteiger partial charge >= 0.3 is 0 Å². The summed E-state index contributed by atoms with van der Waals surface area (Å²) in [5, 5.41) is 14.3. The maximum absolute atomic E-state index is 9.87. The van der Waals surface area contributed by atoms with Crippen molar-refractivity contribution in [3.63, 3.8) is 0 Å². The van der Waals surface area contributed by atoms with E-state index in [1.54, 1.807) is 0 Å². The number of rotatable bonds is 5. The second-order valence-corrected chi connectivity index (χ2v) is 12.8. The number of fused-ring (bicyclic) bond motifs is 7. The third-order valence-electron chi connectivity index (χ3n) is 9.81. The Hall–Kier alpha value is -7.36. The van der Waals surface area contributed by atoms with Crippen LogP contribution in [0.4, 0.5) is 0 Å². The van der Waals surface area contributed by atoms with E-state index in [0.29, 0.717) is 23.2 Å². The molecule has 3 heterocycles. The molecule has 0 aliphatic carbocycles. The van der Waals surface area contributed by atoms with Crippen LogP contribution in [0.1, 0.15) is 5.56 Å². The van der Waals surface area contributed by atoms with E-state index in [4.69, 9.17) is 15.0 Å². The molecule has 10 rings (SSSR count). The van der Waals surface area contributed by atoms with Crippen LogP contribution in [0.2, 0.25) is 0 Å². The van der Waals surface area contributed by atoms with Gasteiger partial charge in [-0.3, -0.25) is 4.57 Å². The van der Waals surface area contributed by atoms with Crippen molar-refractivity contribution in [2.45, 2.75) is 0 Å². The molecule has 0 unspecified atom stereocenters. The van der Waals surface area contributed by atoms with E-state index in [-0.39, 0.29) is 0 Å². The minimum atomic E-state index is 0.525. The number of hydrogen-bond acceptors (Lipinski definition) is 4. The number of para-hydroxylation sites is 2. The third-order valence-corrected chi connectivity index (χ3v) is 9.81. The molecule has 0 spiro atoms.